The fourth-order valence-corrected chi connectivity index (χ4v) is 3.37. The Kier molecular flexibility index (Phi) is 4.65. The summed E-state index contributed by atoms with van der Waals surface area (Å²) < 4.78 is 5.56. The van der Waals surface area contributed by atoms with Crippen LogP contribution in [0, 0.1) is 5.92 Å². The number of benzene rings is 1. The Bertz CT molecular complexity index is 713. The Hall–Kier alpha value is -2.40. The maximum Gasteiger partial charge on any atom is 0.318 e. The molecule has 1 atom stereocenters. The number of nitrogens with zero attached hydrogens (tertiary/aromatic N) is 2. The number of hydrogen-bond donors (Lipinski definition) is 1. The molecule has 1 aromatic carbocycles. The maximum absolute atomic E-state index is 12.6. The molecule has 2 heterocycles. The zero-order valence-electron chi connectivity index (χ0n) is 14.2. The van der Waals surface area contributed by atoms with E-state index in [4.69, 9.17) is 4.74 Å². The number of aromatic nitrogens is 1. The summed E-state index contributed by atoms with van der Waals surface area (Å²) in [5.74, 6) is 0.629. The quantitative estimate of drug-likeness (QED) is 0.933. The van der Waals surface area contributed by atoms with Crippen molar-refractivity contribution in [3.05, 3.63) is 54.4 Å². The van der Waals surface area contributed by atoms with Crippen molar-refractivity contribution < 1.29 is 9.53 Å². The maximum atomic E-state index is 12.6. The highest BCUT2D eigenvalue weighted by Crippen LogP contribution is 2.36. The van der Waals surface area contributed by atoms with Crippen LogP contribution in [0.25, 0.3) is 11.1 Å². The highest BCUT2D eigenvalue weighted by molar-refractivity contribution is 5.75. The van der Waals surface area contributed by atoms with Crippen molar-refractivity contribution in [2.24, 2.45) is 5.92 Å². The second kappa shape index (κ2) is 7.23. The fourth-order valence-electron chi connectivity index (χ4n) is 3.37. The van der Waals surface area contributed by atoms with Crippen LogP contribution in [0.1, 0.15) is 18.4 Å². The molecule has 0 bridgehead atoms. The smallest absolute Gasteiger partial charge is 0.318 e. The van der Waals surface area contributed by atoms with Crippen LogP contribution < -0.4 is 5.32 Å². The second-order valence-electron chi connectivity index (χ2n) is 6.77. The largest absolute Gasteiger partial charge is 0.377 e. The Labute approximate surface area is 148 Å². The minimum atomic E-state index is 0.0246. The first-order valence-electron chi connectivity index (χ1n) is 8.93. The SMILES string of the molecule is O=C(NCc1ccc(-c2cccnc2)cc1)N1CCOC[C@H]1C1CC1. The van der Waals surface area contributed by atoms with Gasteiger partial charge in [-0.1, -0.05) is 30.3 Å². The Morgan fingerprint density at radius 1 is 1.20 bits per heavy atom. The molecule has 0 spiro atoms. The average molecular weight is 337 g/mol. The third kappa shape index (κ3) is 3.82. The molecular formula is C20H23N3O2. The van der Waals surface area contributed by atoms with Gasteiger partial charge in [-0.05, 0) is 41.5 Å². The Morgan fingerprint density at radius 2 is 2.04 bits per heavy atom. The number of ether oxygens (including phenoxy) is 1. The lowest BCUT2D eigenvalue weighted by atomic mass is 10.1. The summed E-state index contributed by atoms with van der Waals surface area (Å²) in [5.41, 5.74) is 3.32. The molecule has 25 heavy (non-hydrogen) atoms. The number of amides is 2. The molecule has 1 aliphatic heterocycles. The van der Waals surface area contributed by atoms with Crippen molar-refractivity contribution in [1.29, 1.82) is 0 Å². The van der Waals surface area contributed by atoms with Crippen molar-refractivity contribution >= 4 is 6.03 Å². The number of rotatable bonds is 4. The van der Waals surface area contributed by atoms with Gasteiger partial charge in [0.2, 0.25) is 0 Å². The van der Waals surface area contributed by atoms with E-state index in [1.54, 1.807) is 6.20 Å². The Balaban J connectivity index is 1.35. The van der Waals surface area contributed by atoms with E-state index in [9.17, 15) is 4.79 Å². The van der Waals surface area contributed by atoms with Gasteiger partial charge in [0.1, 0.15) is 0 Å². The average Bonchev–Trinajstić information content (AvgIpc) is 3.52. The van der Waals surface area contributed by atoms with Gasteiger partial charge in [0.05, 0.1) is 19.3 Å². The van der Waals surface area contributed by atoms with Crippen LogP contribution >= 0.6 is 0 Å². The normalized spacial score (nSPS) is 20.3. The number of hydrogen-bond acceptors (Lipinski definition) is 3. The third-order valence-corrected chi connectivity index (χ3v) is 4.99. The highest BCUT2D eigenvalue weighted by Gasteiger charge is 2.39. The first-order valence-corrected chi connectivity index (χ1v) is 8.93. The van der Waals surface area contributed by atoms with E-state index in [0.29, 0.717) is 32.2 Å². The monoisotopic (exact) mass is 337 g/mol. The van der Waals surface area contributed by atoms with Gasteiger partial charge in [-0.25, -0.2) is 4.79 Å². The molecule has 0 radical (unpaired) electrons. The van der Waals surface area contributed by atoms with E-state index in [0.717, 1.165) is 16.7 Å². The third-order valence-electron chi connectivity index (χ3n) is 4.99. The molecule has 1 aromatic heterocycles. The predicted octanol–water partition coefficient (Wildman–Crippen LogP) is 3.07. The van der Waals surface area contributed by atoms with E-state index in [2.05, 4.69) is 34.6 Å². The lowest BCUT2D eigenvalue weighted by Gasteiger charge is -2.35. The van der Waals surface area contributed by atoms with Crippen molar-refractivity contribution in [2.75, 3.05) is 19.8 Å². The van der Waals surface area contributed by atoms with Gasteiger partial charge in [-0.3, -0.25) is 4.98 Å². The molecule has 1 saturated carbocycles. The van der Waals surface area contributed by atoms with E-state index < -0.39 is 0 Å². The molecular weight excluding hydrogens is 314 g/mol. The van der Waals surface area contributed by atoms with Gasteiger partial charge in [0.25, 0.3) is 0 Å². The van der Waals surface area contributed by atoms with Crippen LogP contribution in [0.5, 0.6) is 0 Å². The number of pyridine rings is 1. The van der Waals surface area contributed by atoms with E-state index in [1.165, 1.54) is 12.8 Å². The molecule has 4 rings (SSSR count). The second-order valence-corrected chi connectivity index (χ2v) is 6.77. The number of nitrogens with one attached hydrogen (secondary N) is 1. The first kappa shape index (κ1) is 16.1. The molecule has 1 aliphatic carbocycles. The summed E-state index contributed by atoms with van der Waals surface area (Å²) in [6.07, 6.45) is 6.06. The van der Waals surface area contributed by atoms with Crippen molar-refractivity contribution in [3.63, 3.8) is 0 Å². The van der Waals surface area contributed by atoms with Gasteiger partial charge in [-0.2, -0.15) is 0 Å². The summed E-state index contributed by atoms with van der Waals surface area (Å²) >= 11 is 0. The van der Waals surface area contributed by atoms with Crippen LogP contribution in [0.3, 0.4) is 0 Å². The number of carbonyl (C=O) groups is 1. The van der Waals surface area contributed by atoms with E-state index in [1.807, 2.05) is 23.2 Å². The summed E-state index contributed by atoms with van der Waals surface area (Å²) in [6, 6.07) is 12.5. The molecule has 1 N–H and O–H groups in total. The molecule has 0 unspecified atom stereocenters. The van der Waals surface area contributed by atoms with Crippen LogP contribution in [-0.4, -0.2) is 41.7 Å². The number of urea groups is 1. The molecule has 1 saturated heterocycles. The summed E-state index contributed by atoms with van der Waals surface area (Å²) in [7, 11) is 0. The minimum Gasteiger partial charge on any atom is -0.377 e. The number of carbonyl (C=O) groups excluding carboxylic acids is 1. The molecule has 5 heteroatoms. The van der Waals surface area contributed by atoms with Crippen LogP contribution in [0.2, 0.25) is 0 Å². The lowest BCUT2D eigenvalue weighted by Crippen LogP contribution is -2.53. The van der Waals surface area contributed by atoms with Gasteiger partial charge >= 0.3 is 6.03 Å². The molecule has 2 aromatic rings. The van der Waals surface area contributed by atoms with E-state index in [-0.39, 0.29) is 12.1 Å². The summed E-state index contributed by atoms with van der Waals surface area (Å²) in [5, 5.41) is 3.06. The van der Waals surface area contributed by atoms with Crippen LogP contribution in [0.4, 0.5) is 4.79 Å². The molecule has 5 nitrogen and oxygen atoms in total. The minimum absolute atomic E-state index is 0.0246. The van der Waals surface area contributed by atoms with Gasteiger partial charge < -0.3 is 15.0 Å². The topological polar surface area (TPSA) is 54.5 Å². The standard InChI is InChI=1S/C20H23N3O2/c24-20(23-10-11-25-14-19(23)17-7-8-17)22-12-15-3-5-16(6-4-15)18-2-1-9-21-13-18/h1-6,9,13,17,19H,7-8,10-12,14H2,(H,22,24)/t19-/m0/s1. The van der Waals surface area contributed by atoms with Gasteiger partial charge in [0, 0.05) is 25.5 Å². The van der Waals surface area contributed by atoms with Crippen molar-refractivity contribution in [1.82, 2.24) is 15.2 Å². The van der Waals surface area contributed by atoms with Crippen LogP contribution in [-0.2, 0) is 11.3 Å². The molecule has 2 amide bonds. The fraction of sp³-hybridized carbons (Fsp3) is 0.400. The molecule has 130 valence electrons. The predicted molar refractivity (Wildman–Crippen MR) is 95.9 cm³/mol. The molecule has 2 fully saturated rings. The zero-order valence-corrected chi connectivity index (χ0v) is 14.2. The van der Waals surface area contributed by atoms with E-state index >= 15 is 0 Å². The number of morpholine rings is 1. The summed E-state index contributed by atoms with van der Waals surface area (Å²) in [6.45, 7) is 2.54. The first-order chi connectivity index (χ1) is 12.3. The highest BCUT2D eigenvalue weighted by atomic mass is 16.5. The van der Waals surface area contributed by atoms with Gasteiger partial charge in [-0.15, -0.1) is 0 Å². The lowest BCUT2D eigenvalue weighted by molar-refractivity contribution is 0.00463. The van der Waals surface area contributed by atoms with Crippen molar-refractivity contribution in [2.45, 2.75) is 25.4 Å². The van der Waals surface area contributed by atoms with Crippen molar-refractivity contribution in [3.8, 4) is 11.1 Å². The summed E-state index contributed by atoms with van der Waals surface area (Å²) in [4.78, 5) is 18.7. The zero-order chi connectivity index (χ0) is 17.1. The molecule has 2 aliphatic rings. The van der Waals surface area contributed by atoms with Crippen LogP contribution in [0.15, 0.2) is 48.8 Å². The Morgan fingerprint density at radius 3 is 2.76 bits per heavy atom. The van der Waals surface area contributed by atoms with Gasteiger partial charge in [0.15, 0.2) is 0 Å².